The highest BCUT2D eigenvalue weighted by atomic mass is 16.5. The van der Waals surface area contributed by atoms with Gasteiger partial charge in [-0.05, 0) is 52.5 Å². The number of carbonyl (C=O) groups is 2. The van der Waals surface area contributed by atoms with Gasteiger partial charge in [0.25, 0.3) is 0 Å². The Bertz CT molecular complexity index is 817. The Morgan fingerprint density at radius 1 is 1.09 bits per heavy atom. The van der Waals surface area contributed by atoms with E-state index in [4.69, 9.17) is 27.3 Å². The van der Waals surface area contributed by atoms with E-state index in [-0.39, 0.29) is 43.6 Å². The first-order chi connectivity index (χ1) is 15.4. The molecule has 0 saturated heterocycles. The van der Waals surface area contributed by atoms with E-state index in [1.165, 1.54) is 0 Å². The molecular weight excluding hydrogens is 426 g/mol. The number of nitrogens with one attached hydrogen (secondary N) is 1. The van der Waals surface area contributed by atoms with Crippen LogP contribution in [0.25, 0.3) is 0 Å². The number of guanidine groups is 2. The van der Waals surface area contributed by atoms with Crippen LogP contribution in [-0.2, 0) is 20.9 Å². The van der Waals surface area contributed by atoms with Crippen LogP contribution in [0.3, 0.4) is 0 Å². The van der Waals surface area contributed by atoms with Crippen LogP contribution < -0.4 is 17.2 Å². The van der Waals surface area contributed by atoms with Gasteiger partial charge in [0.2, 0.25) is 17.5 Å². The van der Waals surface area contributed by atoms with Gasteiger partial charge in [-0.25, -0.2) is 14.6 Å². The highest BCUT2D eigenvalue weighted by Gasteiger charge is 2.54. The molecule has 0 unspecified atom stereocenters. The summed E-state index contributed by atoms with van der Waals surface area (Å²) in [7, 11) is 0. The zero-order chi connectivity index (χ0) is 25.2. The molecule has 8 N–H and O–H groups in total. The van der Waals surface area contributed by atoms with Gasteiger partial charge < -0.3 is 27.0 Å². The zero-order valence-electron chi connectivity index (χ0n) is 19.8. The highest BCUT2D eigenvalue weighted by Crippen LogP contribution is 2.30. The second-order valence-electron chi connectivity index (χ2n) is 8.31. The highest BCUT2D eigenvalue weighted by molar-refractivity contribution is 6.04. The SMILES string of the molecule is CC(C)N(C(C)C)[C@](CCCCN(N=C(N)N)C(=N)N)(C(=O)O)C(=O)OCc1ccccc1. The van der Waals surface area contributed by atoms with Gasteiger partial charge >= 0.3 is 11.9 Å². The van der Waals surface area contributed by atoms with E-state index >= 15 is 0 Å². The number of carbonyl (C=O) groups excluding carboxylic acids is 1. The van der Waals surface area contributed by atoms with Gasteiger partial charge in [-0.1, -0.05) is 30.3 Å². The maximum absolute atomic E-state index is 13.3. The zero-order valence-corrected chi connectivity index (χ0v) is 19.8. The third-order valence-electron chi connectivity index (χ3n) is 5.13. The Balaban J connectivity index is 3.14. The minimum absolute atomic E-state index is 0.000117. The van der Waals surface area contributed by atoms with Gasteiger partial charge in [-0.15, -0.1) is 5.10 Å². The summed E-state index contributed by atoms with van der Waals surface area (Å²) in [6, 6.07) is 8.62. The number of esters is 1. The van der Waals surface area contributed by atoms with E-state index in [1.807, 2.05) is 45.9 Å². The maximum atomic E-state index is 13.3. The van der Waals surface area contributed by atoms with E-state index in [0.717, 1.165) is 10.6 Å². The standard InChI is InChI=1S/C22H37N7O4/c1-15(2)29(16(3)4)22(18(30)31,19(32)33-14-17-10-6-5-7-11-17)12-8-9-13-28(21(25)26)27-20(23)24/h5-7,10-11,15-16H,8-9,12-14H2,1-4H3,(H3,25,26)(H,30,31)(H4,23,24,27)/t22-/m1/s1. The Kier molecular flexibility index (Phi) is 10.6. The second-order valence-corrected chi connectivity index (χ2v) is 8.31. The molecule has 0 saturated carbocycles. The van der Waals surface area contributed by atoms with E-state index < -0.39 is 17.5 Å². The first kappa shape index (κ1) is 27.7. The number of benzene rings is 1. The third kappa shape index (κ3) is 7.63. The van der Waals surface area contributed by atoms with E-state index in [0.29, 0.717) is 12.8 Å². The van der Waals surface area contributed by atoms with Gasteiger partial charge in [-0.3, -0.25) is 10.3 Å². The summed E-state index contributed by atoms with van der Waals surface area (Å²) in [5.74, 6) is -2.67. The van der Waals surface area contributed by atoms with Gasteiger partial charge in [0.05, 0.1) is 0 Å². The van der Waals surface area contributed by atoms with Crippen LogP contribution >= 0.6 is 0 Å². The van der Waals surface area contributed by atoms with Crippen molar-refractivity contribution in [3.8, 4) is 0 Å². The molecule has 0 amide bonds. The van der Waals surface area contributed by atoms with Gasteiger partial charge in [0.15, 0.2) is 0 Å². The number of rotatable bonds is 13. The monoisotopic (exact) mass is 463 g/mol. The molecule has 1 rings (SSSR count). The number of hydrogen-bond donors (Lipinski definition) is 5. The first-order valence-electron chi connectivity index (χ1n) is 10.9. The van der Waals surface area contributed by atoms with Crippen LogP contribution in [0.1, 0.15) is 52.5 Å². The van der Waals surface area contributed by atoms with Gasteiger partial charge in [0, 0.05) is 18.6 Å². The fourth-order valence-corrected chi connectivity index (χ4v) is 3.97. The van der Waals surface area contributed by atoms with Crippen molar-refractivity contribution >= 4 is 23.9 Å². The van der Waals surface area contributed by atoms with Crippen molar-refractivity contribution in [1.82, 2.24) is 9.91 Å². The Hall–Kier alpha value is -3.34. The van der Waals surface area contributed by atoms with Crippen molar-refractivity contribution in [2.24, 2.45) is 22.3 Å². The van der Waals surface area contributed by atoms with Crippen LogP contribution in [0.5, 0.6) is 0 Å². The lowest BCUT2D eigenvalue weighted by atomic mass is 9.87. The molecule has 33 heavy (non-hydrogen) atoms. The average Bonchev–Trinajstić information content (AvgIpc) is 2.72. The molecule has 0 heterocycles. The molecule has 1 atom stereocenters. The molecule has 0 radical (unpaired) electrons. The number of nitrogens with zero attached hydrogens (tertiary/aromatic N) is 3. The predicted molar refractivity (Wildman–Crippen MR) is 127 cm³/mol. The number of ether oxygens (including phenoxy) is 1. The summed E-state index contributed by atoms with van der Waals surface area (Å²) >= 11 is 0. The Morgan fingerprint density at radius 3 is 2.12 bits per heavy atom. The van der Waals surface area contributed by atoms with Crippen molar-refractivity contribution in [1.29, 1.82) is 5.41 Å². The molecule has 0 aliphatic carbocycles. The summed E-state index contributed by atoms with van der Waals surface area (Å²) in [6.07, 6.45) is 0.716. The summed E-state index contributed by atoms with van der Waals surface area (Å²) < 4.78 is 5.52. The van der Waals surface area contributed by atoms with Crippen molar-refractivity contribution in [3.05, 3.63) is 35.9 Å². The van der Waals surface area contributed by atoms with Crippen molar-refractivity contribution < 1.29 is 19.4 Å². The number of carboxylic acids is 1. The van der Waals surface area contributed by atoms with Gasteiger partial charge in [-0.2, -0.15) is 0 Å². The predicted octanol–water partition coefficient (Wildman–Crippen LogP) is 1.23. The smallest absolute Gasteiger partial charge is 0.338 e. The van der Waals surface area contributed by atoms with E-state index in [2.05, 4.69) is 5.10 Å². The fraction of sp³-hybridized carbons (Fsp3) is 0.545. The van der Waals surface area contributed by atoms with Crippen molar-refractivity contribution in [2.75, 3.05) is 6.54 Å². The van der Waals surface area contributed by atoms with Crippen LogP contribution in [0.4, 0.5) is 0 Å². The number of unbranched alkanes of at least 4 members (excludes halogenated alkanes) is 1. The lowest BCUT2D eigenvalue weighted by Gasteiger charge is -2.43. The largest absolute Gasteiger partial charge is 0.479 e. The molecule has 1 aromatic rings. The van der Waals surface area contributed by atoms with E-state index in [9.17, 15) is 14.7 Å². The second kappa shape index (κ2) is 12.6. The Labute approximate surface area is 195 Å². The van der Waals surface area contributed by atoms with Crippen molar-refractivity contribution in [3.63, 3.8) is 0 Å². The topological polar surface area (TPSA) is 184 Å². The Morgan fingerprint density at radius 2 is 1.67 bits per heavy atom. The van der Waals surface area contributed by atoms with Crippen LogP contribution in [0.2, 0.25) is 0 Å². The summed E-state index contributed by atoms with van der Waals surface area (Å²) in [6.45, 7) is 7.54. The van der Waals surface area contributed by atoms with Crippen LogP contribution in [0.15, 0.2) is 35.4 Å². The molecule has 0 aliphatic heterocycles. The number of nitrogens with two attached hydrogens (primary N) is 3. The molecule has 0 fully saturated rings. The van der Waals surface area contributed by atoms with E-state index in [1.54, 1.807) is 17.0 Å². The number of hydrogen-bond acceptors (Lipinski definition) is 6. The minimum atomic E-state index is -1.88. The molecule has 11 heteroatoms. The van der Waals surface area contributed by atoms with Crippen molar-refractivity contribution in [2.45, 2.75) is 71.2 Å². The number of carboxylic acid groups (broad SMARTS) is 1. The molecular formula is C22H37N7O4. The summed E-state index contributed by atoms with van der Waals surface area (Å²) in [5.41, 5.74) is 15.1. The number of aliphatic carboxylic acids is 1. The molecule has 0 aliphatic rings. The lowest BCUT2D eigenvalue weighted by Crippen LogP contribution is -2.65. The van der Waals surface area contributed by atoms with Gasteiger partial charge in [0.1, 0.15) is 6.61 Å². The normalized spacial score (nSPS) is 12.9. The molecule has 1 aromatic carbocycles. The quantitative estimate of drug-likeness (QED) is 0.0716. The first-order valence-corrected chi connectivity index (χ1v) is 10.9. The van der Waals surface area contributed by atoms with Crippen LogP contribution in [0, 0.1) is 5.41 Å². The summed E-state index contributed by atoms with van der Waals surface area (Å²) in [5, 5.41) is 22.8. The molecule has 0 aromatic heterocycles. The summed E-state index contributed by atoms with van der Waals surface area (Å²) in [4.78, 5) is 27.7. The molecule has 184 valence electrons. The maximum Gasteiger partial charge on any atom is 0.338 e. The lowest BCUT2D eigenvalue weighted by molar-refractivity contribution is -0.178. The fourth-order valence-electron chi connectivity index (χ4n) is 3.97. The molecule has 0 spiro atoms. The minimum Gasteiger partial charge on any atom is -0.479 e. The molecule has 11 nitrogen and oxygen atoms in total. The molecule has 0 bridgehead atoms. The third-order valence-corrected chi connectivity index (χ3v) is 5.13. The number of hydrazone groups is 1. The average molecular weight is 464 g/mol. The van der Waals surface area contributed by atoms with Crippen LogP contribution in [-0.4, -0.2) is 63.0 Å².